The number of hydrogen-bond donors (Lipinski definition) is 1. The molecule has 0 radical (unpaired) electrons. The Kier molecular flexibility index (Phi) is 3.99. The first kappa shape index (κ1) is 13.8. The number of aliphatic hydroxyl groups is 1. The zero-order valence-corrected chi connectivity index (χ0v) is 12.7. The van der Waals surface area contributed by atoms with Crippen LogP contribution in [0.1, 0.15) is 25.0 Å². The lowest BCUT2D eigenvalue weighted by molar-refractivity contribution is 0.0727. The summed E-state index contributed by atoms with van der Waals surface area (Å²) in [5.41, 5.74) is 2.23. The number of fused-ring (bicyclic) bond motifs is 1. The number of ether oxygens (including phenoxy) is 1. The SMILES string of the molecule is CN(Cc1cc(Br)cc2c1OCC2)C(C)(C)CO. The number of halogens is 1. The number of nitrogens with zero attached hydrogens (tertiary/aromatic N) is 1. The molecule has 18 heavy (non-hydrogen) atoms. The van der Waals surface area contributed by atoms with Gasteiger partial charge in [-0.3, -0.25) is 4.90 Å². The minimum Gasteiger partial charge on any atom is -0.493 e. The maximum atomic E-state index is 9.41. The molecule has 0 atom stereocenters. The van der Waals surface area contributed by atoms with E-state index in [0.29, 0.717) is 0 Å². The molecule has 0 aliphatic carbocycles. The van der Waals surface area contributed by atoms with Gasteiger partial charge in [-0.2, -0.15) is 0 Å². The Morgan fingerprint density at radius 2 is 2.17 bits per heavy atom. The normalized spacial score (nSPS) is 14.8. The van der Waals surface area contributed by atoms with Crippen LogP contribution in [-0.4, -0.2) is 35.8 Å². The smallest absolute Gasteiger partial charge is 0.127 e. The van der Waals surface area contributed by atoms with E-state index in [-0.39, 0.29) is 12.1 Å². The van der Waals surface area contributed by atoms with Gasteiger partial charge in [0.15, 0.2) is 0 Å². The molecule has 100 valence electrons. The molecule has 0 amide bonds. The van der Waals surface area contributed by atoms with Crippen molar-refractivity contribution in [1.29, 1.82) is 0 Å². The van der Waals surface area contributed by atoms with Crippen LogP contribution in [0.15, 0.2) is 16.6 Å². The first-order valence-corrected chi connectivity index (χ1v) is 6.99. The molecule has 1 aromatic carbocycles. The summed E-state index contributed by atoms with van der Waals surface area (Å²) in [5.74, 6) is 1.03. The van der Waals surface area contributed by atoms with Crippen molar-refractivity contribution in [2.24, 2.45) is 0 Å². The molecule has 0 fully saturated rings. The fourth-order valence-electron chi connectivity index (χ4n) is 2.05. The van der Waals surface area contributed by atoms with Gasteiger partial charge in [-0.1, -0.05) is 15.9 Å². The highest BCUT2D eigenvalue weighted by Crippen LogP contribution is 2.34. The van der Waals surface area contributed by atoms with E-state index >= 15 is 0 Å². The van der Waals surface area contributed by atoms with Gasteiger partial charge in [0.25, 0.3) is 0 Å². The van der Waals surface area contributed by atoms with Crippen LogP contribution in [0.3, 0.4) is 0 Å². The third-order valence-electron chi connectivity index (χ3n) is 3.65. The van der Waals surface area contributed by atoms with Crippen LogP contribution in [0, 0.1) is 0 Å². The Hall–Kier alpha value is -0.580. The Labute approximate surface area is 117 Å². The molecule has 2 rings (SSSR count). The Bertz CT molecular complexity index is 446. The van der Waals surface area contributed by atoms with Gasteiger partial charge in [0.2, 0.25) is 0 Å². The summed E-state index contributed by atoms with van der Waals surface area (Å²) in [6.45, 7) is 5.75. The fraction of sp³-hybridized carbons (Fsp3) is 0.571. The van der Waals surface area contributed by atoms with Crippen molar-refractivity contribution in [2.45, 2.75) is 32.4 Å². The second-order valence-electron chi connectivity index (χ2n) is 5.48. The Balaban J connectivity index is 2.25. The van der Waals surface area contributed by atoms with Crippen molar-refractivity contribution in [3.63, 3.8) is 0 Å². The number of hydrogen-bond acceptors (Lipinski definition) is 3. The number of benzene rings is 1. The second kappa shape index (κ2) is 5.19. The van der Waals surface area contributed by atoms with Gasteiger partial charge in [-0.15, -0.1) is 0 Å². The lowest BCUT2D eigenvalue weighted by Gasteiger charge is -2.34. The average Bonchev–Trinajstić information content (AvgIpc) is 2.76. The summed E-state index contributed by atoms with van der Waals surface area (Å²) < 4.78 is 6.82. The first-order valence-electron chi connectivity index (χ1n) is 6.20. The summed E-state index contributed by atoms with van der Waals surface area (Å²) in [6.07, 6.45) is 0.981. The fourth-order valence-corrected chi connectivity index (χ4v) is 2.61. The molecule has 1 aliphatic heterocycles. The van der Waals surface area contributed by atoms with E-state index in [2.05, 4.69) is 33.0 Å². The summed E-state index contributed by atoms with van der Waals surface area (Å²) in [4.78, 5) is 2.15. The third-order valence-corrected chi connectivity index (χ3v) is 4.11. The highest BCUT2D eigenvalue weighted by atomic mass is 79.9. The predicted octanol–water partition coefficient (Wildman–Crippen LogP) is 2.59. The summed E-state index contributed by atoms with van der Waals surface area (Å²) in [5, 5.41) is 9.41. The van der Waals surface area contributed by atoms with Crippen LogP contribution in [0.4, 0.5) is 0 Å². The monoisotopic (exact) mass is 313 g/mol. The van der Waals surface area contributed by atoms with Crippen molar-refractivity contribution in [1.82, 2.24) is 4.90 Å². The maximum Gasteiger partial charge on any atom is 0.127 e. The van der Waals surface area contributed by atoms with Crippen molar-refractivity contribution < 1.29 is 9.84 Å². The quantitative estimate of drug-likeness (QED) is 0.927. The molecule has 0 saturated carbocycles. The minimum atomic E-state index is -0.228. The molecule has 0 unspecified atom stereocenters. The van der Waals surface area contributed by atoms with Gasteiger partial charge in [-0.05, 0) is 38.6 Å². The largest absolute Gasteiger partial charge is 0.493 e. The molecule has 4 heteroatoms. The lowest BCUT2D eigenvalue weighted by atomic mass is 10.0. The van der Waals surface area contributed by atoms with Gasteiger partial charge < -0.3 is 9.84 Å². The highest BCUT2D eigenvalue weighted by molar-refractivity contribution is 9.10. The molecule has 0 saturated heterocycles. The molecule has 0 spiro atoms. The van der Waals surface area contributed by atoms with Crippen LogP contribution in [0.5, 0.6) is 5.75 Å². The molecule has 1 aliphatic rings. The maximum absolute atomic E-state index is 9.41. The molecule has 1 aromatic rings. The van der Waals surface area contributed by atoms with Crippen molar-refractivity contribution >= 4 is 15.9 Å². The van der Waals surface area contributed by atoms with Gasteiger partial charge in [0.1, 0.15) is 5.75 Å². The van der Waals surface area contributed by atoms with Gasteiger partial charge >= 0.3 is 0 Å². The molecule has 1 heterocycles. The highest BCUT2D eigenvalue weighted by Gasteiger charge is 2.25. The number of aliphatic hydroxyl groups excluding tert-OH is 1. The van der Waals surface area contributed by atoms with Crippen LogP contribution < -0.4 is 4.74 Å². The molecule has 1 N–H and O–H groups in total. The zero-order chi connectivity index (χ0) is 13.3. The molecular formula is C14H20BrNO2. The summed E-state index contributed by atoms with van der Waals surface area (Å²) in [6, 6.07) is 4.23. The summed E-state index contributed by atoms with van der Waals surface area (Å²) in [7, 11) is 2.03. The van der Waals surface area contributed by atoms with Crippen LogP contribution in [0.2, 0.25) is 0 Å². The average molecular weight is 314 g/mol. The lowest BCUT2D eigenvalue weighted by Crippen LogP contribution is -2.43. The minimum absolute atomic E-state index is 0.139. The predicted molar refractivity (Wildman–Crippen MR) is 76.0 cm³/mol. The molecule has 0 aromatic heterocycles. The van der Waals surface area contributed by atoms with E-state index in [9.17, 15) is 5.11 Å². The van der Waals surface area contributed by atoms with E-state index in [1.807, 2.05) is 20.9 Å². The van der Waals surface area contributed by atoms with E-state index in [4.69, 9.17) is 4.74 Å². The molecule has 0 bridgehead atoms. The van der Waals surface area contributed by atoms with Crippen molar-refractivity contribution in [3.8, 4) is 5.75 Å². The van der Waals surface area contributed by atoms with Crippen LogP contribution in [0.25, 0.3) is 0 Å². The first-order chi connectivity index (χ1) is 8.44. The number of likely N-dealkylation sites (N-methyl/N-ethyl adjacent to an activating group) is 1. The van der Waals surface area contributed by atoms with Crippen LogP contribution >= 0.6 is 15.9 Å². The zero-order valence-electron chi connectivity index (χ0n) is 11.2. The summed E-state index contributed by atoms with van der Waals surface area (Å²) >= 11 is 3.55. The number of rotatable bonds is 4. The Morgan fingerprint density at radius 3 is 2.83 bits per heavy atom. The standard InChI is InChI=1S/C14H20BrNO2/c1-14(2,9-17)16(3)8-11-7-12(15)6-10-4-5-18-13(10)11/h6-7,17H,4-5,8-9H2,1-3H3. The molecular weight excluding hydrogens is 294 g/mol. The van der Waals surface area contributed by atoms with E-state index in [1.165, 1.54) is 11.1 Å². The third kappa shape index (κ3) is 2.71. The van der Waals surface area contributed by atoms with Gasteiger partial charge in [0.05, 0.1) is 13.2 Å². The topological polar surface area (TPSA) is 32.7 Å². The Morgan fingerprint density at radius 1 is 1.44 bits per heavy atom. The van der Waals surface area contributed by atoms with Gasteiger partial charge in [0, 0.05) is 28.5 Å². The van der Waals surface area contributed by atoms with Crippen LogP contribution in [-0.2, 0) is 13.0 Å². The van der Waals surface area contributed by atoms with Gasteiger partial charge in [-0.25, -0.2) is 0 Å². The molecule has 3 nitrogen and oxygen atoms in total. The van der Waals surface area contributed by atoms with E-state index < -0.39 is 0 Å². The van der Waals surface area contributed by atoms with Crippen molar-refractivity contribution in [2.75, 3.05) is 20.3 Å². The van der Waals surface area contributed by atoms with Crippen molar-refractivity contribution in [3.05, 3.63) is 27.7 Å². The van der Waals surface area contributed by atoms with E-state index in [0.717, 1.165) is 29.8 Å². The van der Waals surface area contributed by atoms with E-state index in [1.54, 1.807) is 0 Å². The second-order valence-corrected chi connectivity index (χ2v) is 6.39.